The number of hydrogen-bond donors (Lipinski definition) is 2. The maximum Gasteiger partial charge on any atom is 0.222 e. The predicted molar refractivity (Wildman–Crippen MR) is 63.7 cm³/mol. The van der Waals surface area contributed by atoms with Crippen LogP contribution in [0.3, 0.4) is 0 Å². The van der Waals surface area contributed by atoms with Crippen LogP contribution in [-0.2, 0) is 0 Å². The Labute approximate surface area is 108 Å². The summed E-state index contributed by atoms with van der Waals surface area (Å²) < 4.78 is 39.9. The number of benzene rings is 1. The fourth-order valence-electron chi connectivity index (χ4n) is 1.25. The van der Waals surface area contributed by atoms with Crippen molar-refractivity contribution in [2.24, 2.45) is 0 Å². The molecule has 1 heterocycles. The van der Waals surface area contributed by atoms with Crippen LogP contribution in [0.5, 0.6) is 0 Å². The second-order valence-electron chi connectivity index (χ2n) is 3.29. The number of nitrogens with one attached hydrogen (secondary N) is 1. The zero-order chi connectivity index (χ0) is 13.3. The number of rotatable bonds is 2. The number of nitrogens with zero attached hydrogens (tertiary/aromatic N) is 2. The van der Waals surface area contributed by atoms with E-state index in [9.17, 15) is 13.2 Å². The smallest absolute Gasteiger partial charge is 0.222 e. The first-order chi connectivity index (χ1) is 8.47. The molecule has 1 aromatic carbocycles. The summed E-state index contributed by atoms with van der Waals surface area (Å²) >= 11 is 3.09. The molecule has 2 aromatic rings. The highest BCUT2D eigenvalue weighted by Crippen LogP contribution is 2.27. The maximum atomic E-state index is 13.4. The van der Waals surface area contributed by atoms with Crippen LogP contribution in [0.25, 0.3) is 0 Å². The van der Waals surface area contributed by atoms with Gasteiger partial charge in [-0.2, -0.15) is 4.98 Å². The Kier molecular flexibility index (Phi) is 3.37. The van der Waals surface area contributed by atoms with Gasteiger partial charge in [-0.3, -0.25) is 0 Å². The van der Waals surface area contributed by atoms with Crippen molar-refractivity contribution in [1.82, 2.24) is 9.97 Å². The first-order valence-electron chi connectivity index (χ1n) is 4.67. The Morgan fingerprint density at radius 3 is 2.39 bits per heavy atom. The molecule has 0 unspecified atom stereocenters. The van der Waals surface area contributed by atoms with E-state index in [0.717, 1.165) is 0 Å². The van der Waals surface area contributed by atoms with Crippen molar-refractivity contribution in [2.75, 3.05) is 11.1 Å². The number of halogens is 4. The van der Waals surface area contributed by atoms with Crippen molar-refractivity contribution in [1.29, 1.82) is 0 Å². The lowest BCUT2D eigenvalue weighted by Crippen LogP contribution is -2.04. The molecular formula is C10H6BrF3N4. The molecule has 8 heteroatoms. The van der Waals surface area contributed by atoms with Crippen molar-refractivity contribution in [3.63, 3.8) is 0 Å². The van der Waals surface area contributed by atoms with Gasteiger partial charge in [-0.1, -0.05) is 0 Å². The molecule has 3 N–H and O–H groups in total. The summed E-state index contributed by atoms with van der Waals surface area (Å²) in [5.74, 6) is -3.14. The van der Waals surface area contributed by atoms with Crippen LogP contribution in [-0.4, -0.2) is 9.97 Å². The van der Waals surface area contributed by atoms with E-state index < -0.39 is 23.1 Å². The molecule has 0 aliphatic heterocycles. The summed E-state index contributed by atoms with van der Waals surface area (Å²) in [6.07, 6.45) is 1.32. The maximum absolute atomic E-state index is 13.4. The summed E-state index contributed by atoms with van der Waals surface area (Å²) in [7, 11) is 0. The monoisotopic (exact) mass is 318 g/mol. The van der Waals surface area contributed by atoms with E-state index in [0.29, 0.717) is 16.6 Å². The van der Waals surface area contributed by atoms with E-state index >= 15 is 0 Å². The topological polar surface area (TPSA) is 63.8 Å². The van der Waals surface area contributed by atoms with E-state index in [1.807, 2.05) is 0 Å². The second kappa shape index (κ2) is 4.81. The highest BCUT2D eigenvalue weighted by atomic mass is 79.9. The van der Waals surface area contributed by atoms with Gasteiger partial charge in [0.1, 0.15) is 11.5 Å². The van der Waals surface area contributed by atoms with Gasteiger partial charge in [-0.05, 0) is 15.9 Å². The van der Waals surface area contributed by atoms with Crippen LogP contribution in [0.15, 0.2) is 22.8 Å². The normalized spacial score (nSPS) is 10.4. The van der Waals surface area contributed by atoms with E-state index in [2.05, 4.69) is 31.2 Å². The molecule has 0 bridgehead atoms. The van der Waals surface area contributed by atoms with Crippen molar-refractivity contribution in [3.05, 3.63) is 40.3 Å². The van der Waals surface area contributed by atoms with Crippen LogP contribution in [0.4, 0.5) is 30.6 Å². The lowest BCUT2D eigenvalue weighted by atomic mass is 10.2. The minimum absolute atomic E-state index is 0.0661. The molecular weight excluding hydrogens is 313 g/mol. The number of hydrogen-bond acceptors (Lipinski definition) is 4. The van der Waals surface area contributed by atoms with Gasteiger partial charge in [-0.25, -0.2) is 18.2 Å². The summed E-state index contributed by atoms with van der Waals surface area (Å²) in [4.78, 5) is 7.43. The lowest BCUT2D eigenvalue weighted by molar-refractivity contribution is 0.548. The zero-order valence-corrected chi connectivity index (χ0v) is 10.3. The van der Waals surface area contributed by atoms with Gasteiger partial charge in [-0.15, -0.1) is 0 Å². The van der Waals surface area contributed by atoms with Crippen molar-refractivity contribution in [3.8, 4) is 0 Å². The van der Waals surface area contributed by atoms with Gasteiger partial charge in [0.25, 0.3) is 0 Å². The molecule has 0 atom stereocenters. The van der Waals surface area contributed by atoms with Crippen LogP contribution in [0.1, 0.15) is 0 Å². The third-order valence-corrected chi connectivity index (χ3v) is 2.59. The van der Waals surface area contributed by atoms with E-state index in [1.54, 1.807) is 0 Å². The number of aromatic nitrogens is 2. The lowest BCUT2D eigenvalue weighted by Gasteiger charge is -2.09. The van der Waals surface area contributed by atoms with Gasteiger partial charge >= 0.3 is 0 Å². The number of anilines is 3. The molecule has 0 amide bonds. The summed E-state index contributed by atoms with van der Waals surface area (Å²) in [6, 6.07) is 1.12. The standard InChI is InChI=1S/C10H6BrF3N4/c11-5-3-16-10(15)18-9(5)17-8-6(13)1-4(12)2-7(8)14/h1-3H,(H3,15,16,17,18). The third-order valence-electron chi connectivity index (χ3n) is 2.01. The highest BCUT2D eigenvalue weighted by Gasteiger charge is 2.14. The minimum atomic E-state index is -1.07. The largest absolute Gasteiger partial charge is 0.368 e. The third kappa shape index (κ3) is 2.53. The molecule has 0 fully saturated rings. The average Bonchev–Trinajstić information content (AvgIpc) is 2.28. The minimum Gasteiger partial charge on any atom is -0.368 e. The zero-order valence-electron chi connectivity index (χ0n) is 8.72. The number of nitrogens with two attached hydrogens (primary N) is 1. The Balaban J connectivity index is 2.43. The molecule has 0 saturated carbocycles. The molecule has 0 aliphatic carbocycles. The Morgan fingerprint density at radius 1 is 1.17 bits per heavy atom. The average molecular weight is 319 g/mol. The van der Waals surface area contributed by atoms with Crippen LogP contribution < -0.4 is 11.1 Å². The summed E-state index contributed by atoms with van der Waals surface area (Å²) in [6.45, 7) is 0. The van der Waals surface area contributed by atoms with E-state index in [4.69, 9.17) is 5.73 Å². The first kappa shape index (κ1) is 12.6. The predicted octanol–water partition coefficient (Wildman–Crippen LogP) is 2.98. The molecule has 1 aromatic heterocycles. The molecule has 0 saturated heterocycles. The quantitative estimate of drug-likeness (QED) is 0.893. The Morgan fingerprint density at radius 2 is 1.78 bits per heavy atom. The summed E-state index contributed by atoms with van der Waals surface area (Å²) in [5, 5.41) is 2.38. The van der Waals surface area contributed by atoms with Crippen LogP contribution >= 0.6 is 15.9 Å². The molecule has 94 valence electrons. The fourth-order valence-corrected chi connectivity index (χ4v) is 1.54. The molecule has 4 nitrogen and oxygen atoms in total. The number of nitrogen functional groups attached to an aromatic ring is 1. The van der Waals surface area contributed by atoms with Gasteiger partial charge in [0.2, 0.25) is 5.95 Å². The van der Waals surface area contributed by atoms with Gasteiger partial charge in [0.15, 0.2) is 17.5 Å². The highest BCUT2D eigenvalue weighted by molar-refractivity contribution is 9.10. The van der Waals surface area contributed by atoms with Crippen molar-refractivity contribution >= 4 is 33.4 Å². The van der Waals surface area contributed by atoms with E-state index in [1.165, 1.54) is 6.20 Å². The Bertz CT molecular complexity index is 583. The fraction of sp³-hybridized carbons (Fsp3) is 0. The van der Waals surface area contributed by atoms with Crippen LogP contribution in [0, 0.1) is 17.5 Å². The summed E-state index contributed by atoms with van der Waals surface area (Å²) in [5.41, 5.74) is 4.83. The van der Waals surface area contributed by atoms with Gasteiger partial charge < -0.3 is 11.1 Å². The van der Waals surface area contributed by atoms with E-state index in [-0.39, 0.29) is 11.8 Å². The Hall–Kier alpha value is -1.83. The molecule has 0 aliphatic rings. The molecule has 0 spiro atoms. The molecule has 18 heavy (non-hydrogen) atoms. The molecule has 2 rings (SSSR count). The first-order valence-corrected chi connectivity index (χ1v) is 5.46. The second-order valence-corrected chi connectivity index (χ2v) is 4.15. The van der Waals surface area contributed by atoms with Gasteiger partial charge in [0.05, 0.1) is 4.47 Å². The van der Waals surface area contributed by atoms with Crippen LogP contribution in [0.2, 0.25) is 0 Å². The SMILES string of the molecule is Nc1ncc(Br)c(Nc2c(F)cc(F)cc2F)n1. The van der Waals surface area contributed by atoms with Crippen molar-refractivity contribution in [2.45, 2.75) is 0 Å². The van der Waals surface area contributed by atoms with Gasteiger partial charge in [0, 0.05) is 18.3 Å². The van der Waals surface area contributed by atoms with Crippen molar-refractivity contribution < 1.29 is 13.2 Å². The molecule has 0 radical (unpaired) electrons.